The summed E-state index contributed by atoms with van der Waals surface area (Å²) < 4.78 is 41.0. The van der Waals surface area contributed by atoms with E-state index in [4.69, 9.17) is 0 Å². The molecule has 0 saturated carbocycles. The first-order chi connectivity index (χ1) is 9.99. The number of nitrogens with zero attached hydrogens (tertiary/aromatic N) is 1. The van der Waals surface area contributed by atoms with Gasteiger partial charge in [-0.3, -0.25) is 4.90 Å². The summed E-state index contributed by atoms with van der Waals surface area (Å²) in [7, 11) is 0. The molecule has 0 unspecified atom stereocenters. The van der Waals surface area contributed by atoms with Crippen LogP contribution in [0.5, 0.6) is 5.75 Å². The van der Waals surface area contributed by atoms with Crippen molar-refractivity contribution in [3.63, 3.8) is 0 Å². The lowest BCUT2D eigenvalue weighted by Crippen LogP contribution is -2.45. The van der Waals surface area contributed by atoms with Gasteiger partial charge in [-0.1, -0.05) is 25.5 Å². The van der Waals surface area contributed by atoms with E-state index >= 15 is 0 Å². The molecule has 1 aliphatic heterocycles. The van der Waals surface area contributed by atoms with E-state index < -0.39 is 6.36 Å². The molecule has 0 bridgehead atoms. The van der Waals surface area contributed by atoms with E-state index in [-0.39, 0.29) is 24.2 Å². The molecule has 1 saturated heterocycles. The topological polar surface area (TPSA) is 24.5 Å². The third kappa shape index (κ3) is 5.66. The summed E-state index contributed by atoms with van der Waals surface area (Å²) in [5, 5.41) is 3.29. The fraction of sp³-hybridized carbons (Fsp3) is 0.600. The summed E-state index contributed by atoms with van der Waals surface area (Å²) in [4.78, 5) is 2.33. The standard InChI is InChI=1S/C15H21F3N2O.ClH/c1-2-4-14(20-9-7-19-8-10-20)12-5-3-6-13(11-12)21-15(16,17)18;/h3,5-6,11,14,19H,2,4,7-10H2,1H3;1H/t14-;/m1./s1. The summed E-state index contributed by atoms with van der Waals surface area (Å²) in [5.41, 5.74) is 0.889. The van der Waals surface area contributed by atoms with E-state index in [1.165, 1.54) is 12.1 Å². The molecule has 1 atom stereocenters. The third-order valence-electron chi connectivity index (χ3n) is 3.63. The summed E-state index contributed by atoms with van der Waals surface area (Å²) in [6.45, 7) is 5.74. The van der Waals surface area contributed by atoms with Crippen LogP contribution in [0.15, 0.2) is 24.3 Å². The number of hydrogen-bond donors (Lipinski definition) is 1. The molecule has 1 aromatic rings. The first-order valence-corrected chi connectivity index (χ1v) is 7.30. The first kappa shape index (κ1) is 19.1. The summed E-state index contributed by atoms with van der Waals surface area (Å²) >= 11 is 0. The average molecular weight is 339 g/mol. The maximum atomic E-state index is 12.3. The van der Waals surface area contributed by atoms with Crippen molar-refractivity contribution in [2.24, 2.45) is 0 Å². The molecule has 1 fully saturated rings. The highest BCUT2D eigenvalue weighted by molar-refractivity contribution is 5.85. The van der Waals surface area contributed by atoms with E-state index in [1.54, 1.807) is 6.07 Å². The van der Waals surface area contributed by atoms with Crippen LogP contribution in [0.3, 0.4) is 0 Å². The normalized spacial score (nSPS) is 17.6. The van der Waals surface area contributed by atoms with Gasteiger partial charge in [0.15, 0.2) is 0 Å². The number of nitrogens with one attached hydrogen (secondary N) is 1. The van der Waals surface area contributed by atoms with Crippen LogP contribution in [-0.2, 0) is 0 Å². The molecule has 0 spiro atoms. The van der Waals surface area contributed by atoms with Crippen LogP contribution in [0.4, 0.5) is 13.2 Å². The van der Waals surface area contributed by atoms with Crippen LogP contribution in [0.25, 0.3) is 0 Å². The van der Waals surface area contributed by atoms with Crippen molar-refractivity contribution >= 4 is 12.4 Å². The Morgan fingerprint density at radius 3 is 2.55 bits per heavy atom. The van der Waals surface area contributed by atoms with Crippen molar-refractivity contribution in [2.75, 3.05) is 26.2 Å². The first-order valence-electron chi connectivity index (χ1n) is 7.30. The lowest BCUT2D eigenvalue weighted by atomic mass is 9.99. The Morgan fingerprint density at radius 2 is 1.95 bits per heavy atom. The van der Waals surface area contributed by atoms with Crippen LogP contribution in [0, 0.1) is 0 Å². The van der Waals surface area contributed by atoms with Gasteiger partial charge in [0.05, 0.1) is 0 Å². The number of halogens is 4. The maximum absolute atomic E-state index is 12.3. The zero-order valence-corrected chi connectivity index (χ0v) is 13.3. The molecular weight excluding hydrogens is 317 g/mol. The average Bonchev–Trinajstić information content (AvgIpc) is 2.44. The predicted octanol–water partition coefficient (Wildman–Crippen LogP) is 3.75. The van der Waals surface area contributed by atoms with Gasteiger partial charge in [0.1, 0.15) is 5.75 Å². The number of benzene rings is 1. The molecular formula is C15H22ClF3N2O. The Bertz CT molecular complexity index is 451. The molecule has 1 heterocycles. The number of piperazine rings is 1. The smallest absolute Gasteiger partial charge is 0.406 e. The van der Waals surface area contributed by atoms with Crippen molar-refractivity contribution in [3.8, 4) is 5.75 Å². The summed E-state index contributed by atoms with van der Waals surface area (Å²) in [6.07, 6.45) is -2.73. The zero-order chi connectivity index (χ0) is 15.3. The predicted molar refractivity (Wildman–Crippen MR) is 82.5 cm³/mol. The number of ether oxygens (including phenoxy) is 1. The minimum atomic E-state index is -4.64. The minimum absolute atomic E-state index is 0. The Hall–Kier alpha value is -0.980. The molecule has 0 radical (unpaired) electrons. The quantitative estimate of drug-likeness (QED) is 0.885. The Morgan fingerprint density at radius 1 is 1.27 bits per heavy atom. The van der Waals surface area contributed by atoms with Crippen molar-refractivity contribution in [3.05, 3.63) is 29.8 Å². The van der Waals surface area contributed by atoms with Gasteiger partial charge in [0, 0.05) is 32.2 Å². The van der Waals surface area contributed by atoms with Crippen molar-refractivity contribution in [1.29, 1.82) is 0 Å². The molecule has 0 aliphatic carbocycles. The van der Waals surface area contributed by atoms with E-state index in [0.717, 1.165) is 44.6 Å². The number of rotatable bonds is 5. The SMILES string of the molecule is CCC[C@H](c1cccc(OC(F)(F)F)c1)N1CCNCC1.Cl. The minimum Gasteiger partial charge on any atom is -0.406 e. The van der Waals surface area contributed by atoms with Crippen LogP contribution < -0.4 is 10.1 Å². The van der Waals surface area contributed by atoms with Crippen molar-refractivity contribution < 1.29 is 17.9 Å². The lowest BCUT2D eigenvalue weighted by molar-refractivity contribution is -0.274. The van der Waals surface area contributed by atoms with Crippen LogP contribution in [0.1, 0.15) is 31.4 Å². The largest absolute Gasteiger partial charge is 0.573 e. The van der Waals surface area contributed by atoms with Gasteiger partial charge in [0.25, 0.3) is 0 Å². The lowest BCUT2D eigenvalue weighted by Gasteiger charge is -2.35. The summed E-state index contributed by atoms with van der Waals surface area (Å²) in [6, 6.07) is 6.51. The van der Waals surface area contributed by atoms with Crippen LogP contribution >= 0.6 is 12.4 Å². The van der Waals surface area contributed by atoms with Gasteiger partial charge in [-0.15, -0.1) is 25.6 Å². The molecule has 0 aromatic heterocycles. The Balaban J connectivity index is 0.00000242. The van der Waals surface area contributed by atoms with E-state index in [2.05, 4.69) is 21.9 Å². The zero-order valence-electron chi connectivity index (χ0n) is 12.5. The highest BCUT2D eigenvalue weighted by atomic mass is 35.5. The molecule has 1 N–H and O–H groups in total. The van der Waals surface area contributed by atoms with E-state index in [1.807, 2.05) is 6.07 Å². The molecule has 3 nitrogen and oxygen atoms in total. The van der Waals surface area contributed by atoms with Crippen LogP contribution in [-0.4, -0.2) is 37.4 Å². The molecule has 22 heavy (non-hydrogen) atoms. The third-order valence-corrected chi connectivity index (χ3v) is 3.63. The second-order valence-corrected chi connectivity index (χ2v) is 5.21. The van der Waals surface area contributed by atoms with Gasteiger partial charge in [-0.25, -0.2) is 0 Å². The molecule has 2 rings (SSSR count). The van der Waals surface area contributed by atoms with Gasteiger partial charge >= 0.3 is 6.36 Å². The monoisotopic (exact) mass is 338 g/mol. The molecule has 7 heteroatoms. The second kappa shape index (κ2) is 8.60. The van der Waals surface area contributed by atoms with E-state index in [0.29, 0.717) is 0 Å². The van der Waals surface area contributed by atoms with Gasteiger partial charge in [-0.2, -0.15) is 0 Å². The molecule has 126 valence electrons. The van der Waals surface area contributed by atoms with Gasteiger partial charge in [0.2, 0.25) is 0 Å². The fourth-order valence-corrected chi connectivity index (χ4v) is 2.75. The van der Waals surface area contributed by atoms with Gasteiger partial charge in [-0.05, 0) is 24.1 Å². The second-order valence-electron chi connectivity index (χ2n) is 5.21. The maximum Gasteiger partial charge on any atom is 0.573 e. The highest BCUT2D eigenvalue weighted by Crippen LogP contribution is 2.30. The van der Waals surface area contributed by atoms with Crippen LogP contribution in [0.2, 0.25) is 0 Å². The number of alkyl halides is 3. The molecule has 1 aliphatic rings. The van der Waals surface area contributed by atoms with E-state index in [9.17, 15) is 13.2 Å². The molecule has 1 aromatic carbocycles. The summed E-state index contributed by atoms with van der Waals surface area (Å²) in [5.74, 6) is -0.142. The van der Waals surface area contributed by atoms with Crippen molar-refractivity contribution in [2.45, 2.75) is 32.2 Å². The highest BCUT2D eigenvalue weighted by Gasteiger charge is 2.31. The molecule has 0 amide bonds. The Kier molecular flexibility index (Phi) is 7.45. The fourth-order valence-electron chi connectivity index (χ4n) is 2.75. The Labute approximate surface area is 135 Å². The van der Waals surface area contributed by atoms with Crippen molar-refractivity contribution in [1.82, 2.24) is 10.2 Å². The number of hydrogen-bond acceptors (Lipinski definition) is 3. The van der Waals surface area contributed by atoms with Gasteiger partial charge < -0.3 is 10.1 Å².